The number of hydrogen-bond acceptors (Lipinski definition) is 3. The van der Waals surface area contributed by atoms with Crippen molar-refractivity contribution in [2.75, 3.05) is 0 Å². The molecule has 0 aromatic heterocycles. The smallest absolute Gasteiger partial charge is 0.335 e. The topological polar surface area (TPSA) is 60.8 Å². The van der Waals surface area contributed by atoms with E-state index in [2.05, 4.69) is 39.8 Å². The van der Waals surface area contributed by atoms with E-state index in [9.17, 15) is 10.0 Å². The van der Waals surface area contributed by atoms with Gasteiger partial charge < -0.3 is 10.3 Å². The zero-order valence-electron chi connectivity index (χ0n) is 17.5. The van der Waals surface area contributed by atoms with Crippen molar-refractivity contribution < 1.29 is 15.1 Å². The van der Waals surface area contributed by atoms with Crippen molar-refractivity contribution in [3.05, 3.63) is 71.3 Å². The van der Waals surface area contributed by atoms with Crippen LogP contribution in [0.15, 0.2) is 54.6 Å². The Hall–Kier alpha value is -2.17. The Kier molecular flexibility index (Phi) is 7.39. The molecule has 2 aromatic carbocycles. The molecule has 0 saturated carbocycles. The maximum absolute atomic E-state index is 11.0. The zero-order valence-corrected chi connectivity index (χ0v) is 17.5. The summed E-state index contributed by atoms with van der Waals surface area (Å²) in [6.07, 6.45) is 5.02. The van der Waals surface area contributed by atoms with E-state index in [1.165, 1.54) is 17.0 Å². The molecule has 2 N–H and O–H groups in total. The molecule has 4 nitrogen and oxygen atoms in total. The van der Waals surface area contributed by atoms with Gasteiger partial charge in [0.2, 0.25) is 0 Å². The summed E-state index contributed by atoms with van der Waals surface area (Å²) < 4.78 is 0. The second-order valence-electron chi connectivity index (χ2n) is 8.74. The number of hydrogen-bond donors (Lipinski definition) is 2. The van der Waals surface area contributed by atoms with Gasteiger partial charge in [0.1, 0.15) is 0 Å². The van der Waals surface area contributed by atoms with Crippen molar-refractivity contribution in [3.63, 3.8) is 0 Å². The first kappa shape index (κ1) is 22.1. The van der Waals surface area contributed by atoms with Gasteiger partial charge in [-0.3, -0.25) is 0 Å². The van der Waals surface area contributed by atoms with Gasteiger partial charge in [-0.05, 0) is 77.0 Å². The predicted molar refractivity (Wildman–Crippen MR) is 113 cm³/mol. The van der Waals surface area contributed by atoms with Gasteiger partial charge in [-0.1, -0.05) is 48.5 Å². The molecule has 1 aliphatic rings. The Bertz CT molecular complexity index is 752. The molecule has 3 rings (SSSR count). The highest BCUT2D eigenvalue weighted by Crippen LogP contribution is 2.36. The molecule has 1 aliphatic heterocycles. The number of carbonyl (C=O) groups is 1. The summed E-state index contributed by atoms with van der Waals surface area (Å²) >= 11 is 0. The number of carboxylic acids is 1. The molecule has 1 fully saturated rings. The lowest BCUT2D eigenvalue weighted by Crippen LogP contribution is -2.56. The van der Waals surface area contributed by atoms with Crippen molar-refractivity contribution in [2.45, 2.75) is 70.9 Å². The number of carboxylic acid groups (broad SMARTS) is 1. The lowest BCUT2D eigenvalue weighted by molar-refractivity contribution is -0.241. The van der Waals surface area contributed by atoms with Crippen LogP contribution in [0.5, 0.6) is 0 Å². The Morgan fingerprint density at radius 1 is 0.893 bits per heavy atom. The molecular weight excluding hydrogens is 350 g/mol. The summed E-state index contributed by atoms with van der Waals surface area (Å²) in [6, 6.07) is 17.3. The minimum Gasteiger partial charge on any atom is -0.478 e. The minimum atomic E-state index is -0.853. The van der Waals surface area contributed by atoms with Crippen molar-refractivity contribution in [1.29, 1.82) is 0 Å². The number of benzene rings is 2. The van der Waals surface area contributed by atoms with Crippen molar-refractivity contribution in [3.8, 4) is 0 Å². The summed E-state index contributed by atoms with van der Waals surface area (Å²) in [5.41, 5.74) is 2.45. The molecule has 0 atom stereocenters. The zero-order chi connectivity index (χ0) is 20.8. The molecule has 4 heteroatoms. The maximum atomic E-state index is 11.0. The number of nitrogens with zero attached hydrogens (tertiary/aromatic N) is 1. The predicted octanol–water partition coefficient (Wildman–Crippen LogP) is 5.59. The van der Waals surface area contributed by atoms with E-state index in [0.29, 0.717) is 5.56 Å². The molecule has 0 spiro atoms. The van der Waals surface area contributed by atoms with E-state index < -0.39 is 5.97 Å². The monoisotopic (exact) mass is 383 g/mol. The summed E-state index contributed by atoms with van der Waals surface area (Å²) in [7, 11) is 0. The average molecular weight is 384 g/mol. The first-order valence-corrected chi connectivity index (χ1v) is 9.98. The summed E-state index contributed by atoms with van der Waals surface area (Å²) in [5, 5.41) is 20.4. The highest BCUT2D eigenvalue weighted by atomic mass is 16.5. The molecule has 0 aliphatic carbocycles. The lowest BCUT2D eigenvalue weighted by atomic mass is 9.82. The molecule has 2 aromatic rings. The van der Waals surface area contributed by atoms with Crippen LogP contribution in [0.2, 0.25) is 0 Å². The summed E-state index contributed by atoms with van der Waals surface area (Å²) in [4.78, 5) is 11.0. The summed E-state index contributed by atoms with van der Waals surface area (Å²) in [6.45, 7) is 8.36. The van der Waals surface area contributed by atoms with Crippen LogP contribution in [0.25, 0.3) is 0 Å². The minimum absolute atomic E-state index is 0.0399. The van der Waals surface area contributed by atoms with Crippen LogP contribution >= 0.6 is 0 Å². The Labute approximate surface area is 168 Å². The van der Waals surface area contributed by atoms with Crippen LogP contribution in [0.4, 0.5) is 0 Å². The molecule has 0 unspecified atom stereocenters. The maximum Gasteiger partial charge on any atom is 0.335 e. The van der Waals surface area contributed by atoms with Gasteiger partial charge in [-0.2, -0.15) is 5.06 Å². The number of hydroxylamine groups is 2. The van der Waals surface area contributed by atoms with Crippen LogP contribution in [0, 0.1) is 0 Å². The first-order valence-electron chi connectivity index (χ1n) is 9.98. The third kappa shape index (κ3) is 5.91. The van der Waals surface area contributed by atoms with Crippen molar-refractivity contribution >= 4 is 5.97 Å². The van der Waals surface area contributed by atoms with Crippen molar-refractivity contribution in [1.82, 2.24) is 5.06 Å². The van der Waals surface area contributed by atoms with E-state index in [0.717, 1.165) is 31.2 Å². The van der Waals surface area contributed by atoms with E-state index in [-0.39, 0.29) is 11.1 Å². The van der Waals surface area contributed by atoms with Gasteiger partial charge in [0, 0.05) is 11.1 Å². The molecule has 1 saturated heterocycles. The number of aromatic carboxylic acids is 1. The Morgan fingerprint density at radius 2 is 1.43 bits per heavy atom. The fourth-order valence-corrected chi connectivity index (χ4v) is 3.86. The van der Waals surface area contributed by atoms with Gasteiger partial charge in [0.25, 0.3) is 0 Å². The number of aryl methyl sites for hydroxylation is 2. The van der Waals surface area contributed by atoms with Crippen LogP contribution in [0.3, 0.4) is 0 Å². The SMILES string of the molecule is CC1(C)CCCC(C)(C)N1O.O=C(O)c1ccccc1CCc1ccccc1. The average Bonchev–Trinajstić information content (AvgIpc) is 2.66. The highest BCUT2D eigenvalue weighted by Gasteiger charge is 2.40. The molecule has 0 radical (unpaired) electrons. The fourth-order valence-electron chi connectivity index (χ4n) is 3.86. The normalized spacial score (nSPS) is 18.0. The van der Waals surface area contributed by atoms with E-state index in [1.807, 2.05) is 30.3 Å². The Balaban J connectivity index is 0.000000221. The quantitative estimate of drug-likeness (QED) is 0.722. The van der Waals surface area contributed by atoms with Gasteiger partial charge in [0.05, 0.1) is 5.56 Å². The largest absolute Gasteiger partial charge is 0.478 e. The molecular formula is C24H33NO3. The third-order valence-electron chi connectivity index (χ3n) is 5.50. The number of piperidine rings is 1. The van der Waals surface area contributed by atoms with Crippen LogP contribution in [-0.2, 0) is 12.8 Å². The summed E-state index contributed by atoms with van der Waals surface area (Å²) in [5.74, 6) is -0.853. The van der Waals surface area contributed by atoms with Crippen LogP contribution < -0.4 is 0 Å². The second-order valence-corrected chi connectivity index (χ2v) is 8.74. The molecule has 1 heterocycles. The third-order valence-corrected chi connectivity index (χ3v) is 5.50. The van der Waals surface area contributed by atoms with E-state index in [4.69, 9.17) is 5.11 Å². The van der Waals surface area contributed by atoms with Gasteiger partial charge in [0.15, 0.2) is 0 Å². The standard InChI is InChI=1S/C15H14O2.C9H19NO/c16-15(17)14-9-5-4-8-13(14)11-10-12-6-2-1-3-7-12;1-8(2)6-5-7-9(3,4)10(8)11/h1-9H,10-11H2,(H,16,17);11H,5-7H2,1-4H3. The molecule has 152 valence electrons. The van der Waals surface area contributed by atoms with Crippen LogP contribution in [0.1, 0.15) is 68.4 Å². The fraction of sp³-hybridized carbons (Fsp3) is 0.458. The van der Waals surface area contributed by atoms with E-state index >= 15 is 0 Å². The molecule has 0 amide bonds. The van der Waals surface area contributed by atoms with Crippen molar-refractivity contribution in [2.24, 2.45) is 0 Å². The van der Waals surface area contributed by atoms with Crippen LogP contribution in [-0.4, -0.2) is 32.4 Å². The molecule has 28 heavy (non-hydrogen) atoms. The highest BCUT2D eigenvalue weighted by molar-refractivity contribution is 5.89. The van der Waals surface area contributed by atoms with Gasteiger partial charge in [-0.15, -0.1) is 0 Å². The first-order chi connectivity index (χ1) is 13.1. The number of rotatable bonds is 4. The van der Waals surface area contributed by atoms with E-state index in [1.54, 1.807) is 12.1 Å². The van der Waals surface area contributed by atoms with Gasteiger partial charge in [-0.25, -0.2) is 4.79 Å². The second kappa shape index (κ2) is 9.35. The molecule has 0 bridgehead atoms. The van der Waals surface area contributed by atoms with Gasteiger partial charge >= 0.3 is 5.97 Å². The Morgan fingerprint density at radius 3 is 1.96 bits per heavy atom. The lowest BCUT2D eigenvalue weighted by Gasteiger charge is -2.48.